The minimum absolute atomic E-state index is 0.130. The Kier molecular flexibility index (Phi) is 2.74. The number of hydrogen-bond acceptors (Lipinski definition) is 1. The molecule has 1 nitrogen and oxygen atoms in total. The van der Waals surface area contributed by atoms with E-state index in [9.17, 15) is 4.21 Å². The molecule has 2 heteroatoms. The molecule has 1 rings (SSSR count). The van der Waals surface area contributed by atoms with Crippen LogP contribution in [-0.4, -0.2) is 15.7 Å². The van der Waals surface area contributed by atoms with Gasteiger partial charge in [0.1, 0.15) is 0 Å². The highest BCUT2D eigenvalue weighted by atomic mass is 32.2. The van der Waals surface area contributed by atoms with E-state index >= 15 is 0 Å². The number of rotatable bonds is 0. The molecule has 11 heavy (non-hydrogen) atoms. The molecule has 0 aromatic heterocycles. The first-order valence-corrected chi connectivity index (χ1v) is 5.02. The zero-order valence-electron chi connectivity index (χ0n) is 6.25. The van der Waals surface area contributed by atoms with E-state index in [0.717, 1.165) is 6.42 Å². The molecule has 58 valence electrons. The van der Waals surface area contributed by atoms with Gasteiger partial charge in [-0.05, 0) is 6.42 Å². The highest BCUT2D eigenvalue weighted by molar-refractivity contribution is 7.85. The lowest BCUT2D eigenvalue weighted by molar-refractivity contribution is 0.545. The van der Waals surface area contributed by atoms with Crippen molar-refractivity contribution in [1.29, 1.82) is 0 Å². The van der Waals surface area contributed by atoms with Crippen LogP contribution in [-0.2, 0) is 10.8 Å². The van der Waals surface area contributed by atoms with Gasteiger partial charge in [-0.25, -0.2) is 0 Å². The van der Waals surface area contributed by atoms with E-state index in [1.165, 1.54) is 0 Å². The van der Waals surface area contributed by atoms with Gasteiger partial charge < -0.3 is 0 Å². The van der Waals surface area contributed by atoms with Gasteiger partial charge in [-0.1, -0.05) is 0 Å². The molecular formula is C9H10OS. The van der Waals surface area contributed by atoms with E-state index in [-0.39, 0.29) is 11.8 Å². The average molecular weight is 166 g/mol. The fourth-order valence-corrected chi connectivity index (χ4v) is 2.73. The lowest BCUT2D eigenvalue weighted by Crippen LogP contribution is -2.26. The molecule has 0 amide bonds. The van der Waals surface area contributed by atoms with Crippen LogP contribution >= 0.6 is 0 Å². The summed E-state index contributed by atoms with van der Waals surface area (Å²) in [7, 11) is -0.785. The molecule has 0 spiro atoms. The molecule has 1 saturated heterocycles. The Morgan fingerprint density at radius 3 is 2.00 bits per heavy atom. The Morgan fingerprint density at radius 1 is 1.18 bits per heavy atom. The van der Waals surface area contributed by atoms with Crippen molar-refractivity contribution in [1.82, 2.24) is 0 Å². The maximum atomic E-state index is 11.1. The summed E-state index contributed by atoms with van der Waals surface area (Å²) in [6.07, 6.45) is 11.3. The van der Waals surface area contributed by atoms with Gasteiger partial charge in [0, 0.05) is 34.1 Å². The SMILES string of the molecule is C#CC1CC(C#C)CS(=O)C1. The van der Waals surface area contributed by atoms with Crippen LogP contribution in [0, 0.1) is 36.5 Å². The van der Waals surface area contributed by atoms with E-state index in [0.29, 0.717) is 11.5 Å². The minimum atomic E-state index is -0.785. The number of terminal acetylenes is 2. The van der Waals surface area contributed by atoms with Gasteiger partial charge in [0.2, 0.25) is 0 Å². The van der Waals surface area contributed by atoms with Gasteiger partial charge in [-0.2, -0.15) is 0 Å². The second kappa shape index (κ2) is 3.60. The highest BCUT2D eigenvalue weighted by Crippen LogP contribution is 2.19. The van der Waals surface area contributed by atoms with Crippen LogP contribution in [0.15, 0.2) is 0 Å². The second-order valence-corrected chi connectivity index (χ2v) is 4.28. The van der Waals surface area contributed by atoms with Gasteiger partial charge >= 0.3 is 0 Å². The van der Waals surface area contributed by atoms with Crippen molar-refractivity contribution in [2.75, 3.05) is 11.5 Å². The lowest BCUT2D eigenvalue weighted by atomic mass is 9.98. The Morgan fingerprint density at radius 2 is 1.64 bits per heavy atom. The molecule has 1 aliphatic heterocycles. The van der Waals surface area contributed by atoms with Crippen molar-refractivity contribution in [2.45, 2.75) is 6.42 Å². The van der Waals surface area contributed by atoms with Crippen LogP contribution in [0.1, 0.15) is 6.42 Å². The van der Waals surface area contributed by atoms with Crippen molar-refractivity contribution in [3.05, 3.63) is 0 Å². The molecule has 0 N–H and O–H groups in total. The summed E-state index contributed by atoms with van der Waals surface area (Å²) in [5, 5.41) is 0. The van der Waals surface area contributed by atoms with Crippen LogP contribution in [0.2, 0.25) is 0 Å². The highest BCUT2D eigenvalue weighted by Gasteiger charge is 2.23. The predicted octanol–water partition coefficient (Wildman–Crippen LogP) is 0.638. The first-order chi connectivity index (χ1) is 5.26. The zero-order valence-corrected chi connectivity index (χ0v) is 7.06. The Labute approximate surface area is 70.0 Å². The van der Waals surface area contributed by atoms with Crippen molar-refractivity contribution in [3.8, 4) is 24.7 Å². The maximum Gasteiger partial charge on any atom is 0.0373 e. The van der Waals surface area contributed by atoms with Gasteiger partial charge in [0.15, 0.2) is 0 Å². The molecular weight excluding hydrogens is 156 g/mol. The minimum Gasteiger partial charge on any atom is -0.259 e. The fraction of sp³-hybridized carbons (Fsp3) is 0.556. The molecule has 0 saturated carbocycles. The third-order valence-corrected chi connectivity index (χ3v) is 3.36. The molecule has 1 heterocycles. The molecule has 2 atom stereocenters. The first kappa shape index (κ1) is 8.37. The van der Waals surface area contributed by atoms with Crippen molar-refractivity contribution in [3.63, 3.8) is 0 Å². The zero-order chi connectivity index (χ0) is 8.27. The van der Waals surface area contributed by atoms with Crippen LogP contribution in [0.25, 0.3) is 0 Å². The second-order valence-electron chi connectivity index (χ2n) is 2.74. The monoisotopic (exact) mass is 166 g/mol. The molecule has 0 radical (unpaired) electrons. The van der Waals surface area contributed by atoms with Crippen LogP contribution in [0.4, 0.5) is 0 Å². The van der Waals surface area contributed by atoms with E-state index in [2.05, 4.69) is 11.8 Å². The van der Waals surface area contributed by atoms with E-state index in [1.54, 1.807) is 0 Å². The standard InChI is InChI=1S/C9H10OS/c1-3-8-5-9(4-2)7-11(10)6-8/h1-2,8-9H,5-7H2. The summed E-state index contributed by atoms with van der Waals surface area (Å²) in [6.45, 7) is 0. The third kappa shape index (κ3) is 2.10. The van der Waals surface area contributed by atoms with Crippen molar-refractivity contribution in [2.24, 2.45) is 11.8 Å². The van der Waals surface area contributed by atoms with E-state index < -0.39 is 10.8 Å². The maximum absolute atomic E-state index is 11.1. The van der Waals surface area contributed by atoms with E-state index in [4.69, 9.17) is 12.8 Å². The first-order valence-electron chi connectivity index (χ1n) is 3.53. The van der Waals surface area contributed by atoms with Gasteiger partial charge in [0.05, 0.1) is 0 Å². The summed E-state index contributed by atoms with van der Waals surface area (Å²) >= 11 is 0. The van der Waals surface area contributed by atoms with Gasteiger partial charge in [-0.3, -0.25) is 4.21 Å². The van der Waals surface area contributed by atoms with Crippen LogP contribution < -0.4 is 0 Å². The van der Waals surface area contributed by atoms with Crippen LogP contribution in [0.5, 0.6) is 0 Å². The summed E-state index contributed by atoms with van der Waals surface area (Å²) in [4.78, 5) is 0. The Hall–Kier alpha value is -0.730. The molecule has 2 unspecified atom stereocenters. The summed E-state index contributed by atoms with van der Waals surface area (Å²) in [5.41, 5.74) is 0. The topological polar surface area (TPSA) is 17.1 Å². The normalized spacial score (nSPS) is 37.1. The summed E-state index contributed by atoms with van der Waals surface area (Å²) in [6, 6.07) is 0. The lowest BCUT2D eigenvalue weighted by Gasteiger charge is -2.21. The van der Waals surface area contributed by atoms with Gasteiger partial charge in [0.25, 0.3) is 0 Å². The number of hydrogen-bond donors (Lipinski definition) is 0. The van der Waals surface area contributed by atoms with Gasteiger partial charge in [-0.15, -0.1) is 24.7 Å². The third-order valence-electron chi connectivity index (χ3n) is 1.81. The largest absolute Gasteiger partial charge is 0.259 e. The molecule has 0 aromatic carbocycles. The average Bonchev–Trinajstić information content (AvgIpc) is 2.03. The van der Waals surface area contributed by atoms with Crippen molar-refractivity contribution < 1.29 is 4.21 Å². The smallest absolute Gasteiger partial charge is 0.0373 e. The van der Waals surface area contributed by atoms with Crippen LogP contribution in [0.3, 0.4) is 0 Å². The summed E-state index contributed by atoms with van der Waals surface area (Å²) < 4.78 is 11.1. The van der Waals surface area contributed by atoms with Crippen molar-refractivity contribution >= 4 is 10.8 Å². The summed E-state index contributed by atoms with van der Waals surface area (Å²) in [5.74, 6) is 6.75. The molecule has 0 bridgehead atoms. The molecule has 0 aromatic rings. The predicted molar refractivity (Wildman–Crippen MR) is 47.1 cm³/mol. The van der Waals surface area contributed by atoms with E-state index in [1.807, 2.05) is 0 Å². The fourth-order valence-electron chi connectivity index (χ4n) is 1.23. The molecule has 1 aliphatic rings. The quantitative estimate of drug-likeness (QED) is 0.483. The Balaban J connectivity index is 2.61. The molecule has 1 fully saturated rings. The Bertz CT molecular complexity index is 219. The molecule has 0 aliphatic carbocycles.